The standard InChI is InChI=1S/C6H13NO3/c1-5(8)10-4-6(9)3-7-2/h6-7,9H,3-4H2,1-2H3. The van der Waals surface area contributed by atoms with Gasteiger partial charge in [-0.25, -0.2) is 0 Å². The molecule has 0 aliphatic heterocycles. The third kappa shape index (κ3) is 5.53. The van der Waals surface area contributed by atoms with Gasteiger partial charge in [-0.15, -0.1) is 0 Å². The van der Waals surface area contributed by atoms with E-state index in [1.54, 1.807) is 7.05 Å². The first kappa shape index (κ1) is 9.39. The molecule has 0 saturated heterocycles. The van der Waals surface area contributed by atoms with Crippen LogP contribution >= 0.6 is 0 Å². The summed E-state index contributed by atoms with van der Waals surface area (Å²) in [6, 6.07) is 0. The van der Waals surface area contributed by atoms with E-state index >= 15 is 0 Å². The molecule has 2 N–H and O–H groups in total. The Bertz CT molecular complexity index is 105. The van der Waals surface area contributed by atoms with Gasteiger partial charge < -0.3 is 15.2 Å². The quantitative estimate of drug-likeness (QED) is 0.507. The fourth-order valence-corrected chi connectivity index (χ4v) is 0.508. The largest absolute Gasteiger partial charge is 0.463 e. The molecule has 1 atom stereocenters. The molecule has 4 heteroatoms. The Labute approximate surface area is 60.2 Å². The van der Waals surface area contributed by atoms with E-state index in [1.807, 2.05) is 0 Å². The van der Waals surface area contributed by atoms with Crippen LogP contribution in [0.15, 0.2) is 0 Å². The highest BCUT2D eigenvalue weighted by atomic mass is 16.5. The van der Waals surface area contributed by atoms with Gasteiger partial charge in [0.25, 0.3) is 0 Å². The van der Waals surface area contributed by atoms with Crippen molar-refractivity contribution in [2.24, 2.45) is 0 Å². The summed E-state index contributed by atoms with van der Waals surface area (Å²) in [6.45, 7) is 1.82. The van der Waals surface area contributed by atoms with E-state index in [1.165, 1.54) is 6.92 Å². The van der Waals surface area contributed by atoms with E-state index in [0.717, 1.165) is 0 Å². The summed E-state index contributed by atoms with van der Waals surface area (Å²) < 4.78 is 4.53. The summed E-state index contributed by atoms with van der Waals surface area (Å²) in [5.41, 5.74) is 0. The van der Waals surface area contributed by atoms with Gasteiger partial charge in [0.1, 0.15) is 12.7 Å². The van der Waals surface area contributed by atoms with E-state index in [4.69, 9.17) is 5.11 Å². The first-order chi connectivity index (χ1) is 4.66. The number of hydrogen-bond donors (Lipinski definition) is 2. The lowest BCUT2D eigenvalue weighted by molar-refractivity contribution is -0.143. The summed E-state index contributed by atoms with van der Waals surface area (Å²) in [5, 5.41) is 11.7. The maximum Gasteiger partial charge on any atom is 0.302 e. The second-order valence-electron chi connectivity index (χ2n) is 2.01. The lowest BCUT2D eigenvalue weighted by Gasteiger charge is -2.08. The zero-order valence-corrected chi connectivity index (χ0v) is 6.26. The fraction of sp³-hybridized carbons (Fsp3) is 0.833. The molecule has 0 fully saturated rings. The molecule has 0 amide bonds. The van der Waals surface area contributed by atoms with Crippen LogP contribution in [-0.2, 0) is 9.53 Å². The van der Waals surface area contributed by atoms with E-state index in [2.05, 4.69) is 10.1 Å². The Morgan fingerprint density at radius 1 is 1.80 bits per heavy atom. The average Bonchev–Trinajstić information content (AvgIpc) is 1.85. The number of likely N-dealkylation sites (N-methyl/N-ethyl adjacent to an activating group) is 1. The van der Waals surface area contributed by atoms with Crippen molar-refractivity contribution in [3.8, 4) is 0 Å². The van der Waals surface area contributed by atoms with Crippen molar-refractivity contribution in [3.63, 3.8) is 0 Å². The Balaban J connectivity index is 3.21. The predicted molar refractivity (Wildman–Crippen MR) is 36.6 cm³/mol. The maximum atomic E-state index is 10.2. The molecule has 0 heterocycles. The molecule has 0 saturated carbocycles. The monoisotopic (exact) mass is 147 g/mol. The highest BCUT2D eigenvalue weighted by Crippen LogP contribution is 1.83. The fourth-order valence-electron chi connectivity index (χ4n) is 0.508. The summed E-state index contributed by atoms with van der Waals surface area (Å²) in [6.07, 6.45) is -0.603. The van der Waals surface area contributed by atoms with Crippen molar-refractivity contribution >= 4 is 5.97 Å². The Kier molecular flexibility index (Phi) is 4.88. The van der Waals surface area contributed by atoms with Crippen LogP contribution in [0.1, 0.15) is 6.92 Å². The summed E-state index contributed by atoms with van der Waals surface area (Å²) >= 11 is 0. The van der Waals surface area contributed by atoms with E-state index < -0.39 is 6.10 Å². The van der Waals surface area contributed by atoms with Crippen molar-refractivity contribution < 1.29 is 14.6 Å². The summed E-state index contributed by atoms with van der Waals surface area (Å²) in [7, 11) is 1.72. The molecule has 0 aromatic carbocycles. The highest BCUT2D eigenvalue weighted by molar-refractivity contribution is 5.65. The molecule has 0 bridgehead atoms. The molecule has 0 rings (SSSR count). The zero-order chi connectivity index (χ0) is 7.98. The molecule has 1 unspecified atom stereocenters. The van der Waals surface area contributed by atoms with Gasteiger partial charge in [-0.1, -0.05) is 0 Å². The number of carbonyl (C=O) groups excluding carboxylic acids is 1. The number of aliphatic hydroxyl groups excluding tert-OH is 1. The van der Waals surface area contributed by atoms with Crippen LogP contribution in [0.2, 0.25) is 0 Å². The van der Waals surface area contributed by atoms with Crippen molar-refractivity contribution in [3.05, 3.63) is 0 Å². The second kappa shape index (κ2) is 5.20. The highest BCUT2D eigenvalue weighted by Gasteiger charge is 2.02. The van der Waals surface area contributed by atoms with Crippen LogP contribution in [0.4, 0.5) is 0 Å². The Hall–Kier alpha value is -0.610. The number of esters is 1. The number of aliphatic hydroxyl groups is 1. The zero-order valence-electron chi connectivity index (χ0n) is 6.26. The van der Waals surface area contributed by atoms with Crippen LogP contribution in [0.25, 0.3) is 0 Å². The van der Waals surface area contributed by atoms with Crippen molar-refractivity contribution in [2.45, 2.75) is 13.0 Å². The number of ether oxygens (including phenoxy) is 1. The molecule has 0 aromatic heterocycles. The van der Waals surface area contributed by atoms with Crippen LogP contribution < -0.4 is 5.32 Å². The second-order valence-corrected chi connectivity index (χ2v) is 2.01. The molecule has 0 radical (unpaired) electrons. The summed E-state index contributed by atoms with van der Waals surface area (Å²) in [5.74, 6) is -0.366. The normalized spacial score (nSPS) is 12.7. The van der Waals surface area contributed by atoms with Crippen molar-refractivity contribution in [1.29, 1.82) is 0 Å². The molecular weight excluding hydrogens is 134 g/mol. The Morgan fingerprint density at radius 3 is 2.80 bits per heavy atom. The molecular formula is C6H13NO3. The van der Waals surface area contributed by atoms with Crippen molar-refractivity contribution in [2.75, 3.05) is 20.2 Å². The van der Waals surface area contributed by atoms with E-state index in [0.29, 0.717) is 6.54 Å². The third-order valence-electron chi connectivity index (χ3n) is 0.919. The van der Waals surface area contributed by atoms with Gasteiger partial charge in [0.05, 0.1) is 0 Å². The molecule has 0 aliphatic carbocycles. The van der Waals surface area contributed by atoms with Gasteiger partial charge in [-0.05, 0) is 7.05 Å². The molecule has 60 valence electrons. The number of hydrogen-bond acceptors (Lipinski definition) is 4. The minimum absolute atomic E-state index is 0.0656. The average molecular weight is 147 g/mol. The van der Waals surface area contributed by atoms with Crippen LogP contribution in [0.5, 0.6) is 0 Å². The van der Waals surface area contributed by atoms with Crippen LogP contribution in [0.3, 0.4) is 0 Å². The van der Waals surface area contributed by atoms with Gasteiger partial charge in [0, 0.05) is 13.5 Å². The smallest absolute Gasteiger partial charge is 0.302 e. The molecule has 0 spiro atoms. The lowest BCUT2D eigenvalue weighted by Crippen LogP contribution is -2.28. The first-order valence-corrected chi connectivity index (χ1v) is 3.13. The number of rotatable bonds is 4. The third-order valence-corrected chi connectivity index (χ3v) is 0.919. The number of carbonyl (C=O) groups is 1. The molecule has 10 heavy (non-hydrogen) atoms. The maximum absolute atomic E-state index is 10.2. The molecule has 4 nitrogen and oxygen atoms in total. The van der Waals surface area contributed by atoms with Gasteiger partial charge in [-0.2, -0.15) is 0 Å². The first-order valence-electron chi connectivity index (χ1n) is 3.13. The van der Waals surface area contributed by atoms with Gasteiger partial charge in [0.15, 0.2) is 0 Å². The van der Waals surface area contributed by atoms with Crippen LogP contribution in [-0.4, -0.2) is 37.4 Å². The molecule has 0 aliphatic rings. The topological polar surface area (TPSA) is 58.6 Å². The Morgan fingerprint density at radius 2 is 2.40 bits per heavy atom. The van der Waals surface area contributed by atoms with Gasteiger partial charge in [0.2, 0.25) is 0 Å². The predicted octanol–water partition coefficient (Wildman–Crippen LogP) is -0.870. The SMILES string of the molecule is CNCC(O)COC(C)=O. The van der Waals surface area contributed by atoms with Gasteiger partial charge in [-0.3, -0.25) is 4.79 Å². The van der Waals surface area contributed by atoms with E-state index in [9.17, 15) is 4.79 Å². The summed E-state index contributed by atoms with van der Waals surface area (Å²) in [4.78, 5) is 10.2. The van der Waals surface area contributed by atoms with Crippen LogP contribution in [0, 0.1) is 0 Å². The lowest BCUT2D eigenvalue weighted by atomic mass is 10.4. The molecule has 0 aromatic rings. The number of nitrogens with one attached hydrogen (secondary N) is 1. The van der Waals surface area contributed by atoms with Crippen molar-refractivity contribution in [1.82, 2.24) is 5.32 Å². The minimum atomic E-state index is -0.603. The van der Waals surface area contributed by atoms with Gasteiger partial charge >= 0.3 is 5.97 Å². The minimum Gasteiger partial charge on any atom is -0.463 e. The van der Waals surface area contributed by atoms with E-state index in [-0.39, 0.29) is 12.6 Å².